The molecule has 2 rings (SSSR count). The molecule has 1 aromatic heterocycles. The molecule has 2 aromatic rings. The smallest absolute Gasteiger partial charge is 0.271 e. The topological polar surface area (TPSA) is 46.2 Å². The summed E-state index contributed by atoms with van der Waals surface area (Å²) in [6.07, 6.45) is 0. The third kappa shape index (κ3) is 3.52. The van der Waals surface area contributed by atoms with Crippen LogP contribution < -0.4 is 4.72 Å². The van der Waals surface area contributed by atoms with E-state index < -0.39 is 10.0 Å². The molecule has 102 valence electrons. The molecule has 19 heavy (non-hydrogen) atoms. The van der Waals surface area contributed by atoms with Crippen molar-refractivity contribution in [3.05, 3.63) is 43.1 Å². The lowest BCUT2D eigenvalue weighted by atomic mass is 10.2. The van der Waals surface area contributed by atoms with E-state index in [1.807, 2.05) is 19.1 Å². The van der Waals surface area contributed by atoms with Crippen LogP contribution in [0, 0.1) is 6.92 Å². The first-order valence-corrected chi connectivity index (χ1v) is 9.30. The molecule has 8 heteroatoms. The highest BCUT2D eigenvalue weighted by Crippen LogP contribution is 2.36. The Balaban J connectivity index is 2.36. The Morgan fingerprint density at radius 3 is 2.47 bits per heavy atom. The van der Waals surface area contributed by atoms with Crippen LogP contribution in [0.3, 0.4) is 0 Å². The Bertz CT molecular complexity index is 709. The molecule has 0 amide bonds. The summed E-state index contributed by atoms with van der Waals surface area (Å²) in [6, 6.07) is 6.80. The number of sulfonamides is 1. The minimum absolute atomic E-state index is 0.164. The zero-order valence-corrected chi connectivity index (χ0v) is 15.1. The minimum atomic E-state index is -3.63. The number of aryl methyl sites for hydroxylation is 1. The number of benzene rings is 1. The highest BCUT2D eigenvalue weighted by molar-refractivity contribution is 9.11. The highest BCUT2D eigenvalue weighted by atomic mass is 79.9. The Labute approximate surface area is 137 Å². The fourth-order valence-electron chi connectivity index (χ4n) is 1.36. The van der Waals surface area contributed by atoms with Gasteiger partial charge in [0.25, 0.3) is 10.0 Å². The van der Waals surface area contributed by atoms with Crippen molar-refractivity contribution in [2.75, 3.05) is 4.72 Å². The lowest BCUT2D eigenvalue weighted by Gasteiger charge is -2.08. The van der Waals surface area contributed by atoms with E-state index in [0.29, 0.717) is 19.0 Å². The van der Waals surface area contributed by atoms with Crippen molar-refractivity contribution in [1.29, 1.82) is 0 Å². The molecule has 1 N–H and O–H groups in total. The molecule has 0 unspecified atom stereocenters. The minimum Gasteiger partial charge on any atom is -0.278 e. The summed E-state index contributed by atoms with van der Waals surface area (Å²) >= 11 is 13.5. The van der Waals surface area contributed by atoms with Crippen LogP contribution in [0.15, 0.2) is 36.7 Å². The van der Waals surface area contributed by atoms with Gasteiger partial charge >= 0.3 is 0 Å². The second-order valence-corrected chi connectivity index (χ2v) is 9.32. The van der Waals surface area contributed by atoms with Gasteiger partial charge in [0.1, 0.15) is 4.21 Å². The van der Waals surface area contributed by atoms with Gasteiger partial charge in [0.15, 0.2) is 0 Å². The predicted molar refractivity (Wildman–Crippen MR) is 86.7 cm³/mol. The maximum Gasteiger partial charge on any atom is 0.271 e. The molecule has 0 saturated carbocycles. The molecule has 0 aliphatic carbocycles. The van der Waals surface area contributed by atoms with Crippen LogP contribution >= 0.6 is 54.8 Å². The van der Waals surface area contributed by atoms with E-state index in [0.717, 1.165) is 16.9 Å². The maximum absolute atomic E-state index is 12.2. The van der Waals surface area contributed by atoms with E-state index >= 15 is 0 Å². The van der Waals surface area contributed by atoms with Gasteiger partial charge in [-0.3, -0.25) is 4.72 Å². The number of rotatable bonds is 3. The molecule has 0 atom stereocenters. The van der Waals surface area contributed by atoms with Gasteiger partial charge < -0.3 is 0 Å². The first-order valence-electron chi connectivity index (χ1n) is 5.03. The maximum atomic E-state index is 12.2. The van der Waals surface area contributed by atoms with Crippen LogP contribution in [-0.4, -0.2) is 8.42 Å². The lowest BCUT2D eigenvalue weighted by molar-refractivity contribution is 0.603. The van der Waals surface area contributed by atoms with Crippen LogP contribution in [-0.2, 0) is 10.0 Å². The van der Waals surface area contributed by atoms with Crippen molar-refractivity contribution >= 4 is 70.5 Å². The average molecular weight is 446 g/mol. The van der Waals surface area contributed by atoms with Crippen molar-refractivity contribution in [2.45, 2.75) is 11.1 Å². The van der Waals surface area contributed by atoms with Crippen molar-refractivity contribution in [3.8, 4) is 0 Å². The molecule has 1 heterocycles. The molecule has 0 bridgehead atoms. The first-order chi connectivity index (χ1) is 8.79. The van der Waals surface area contributed by atoms with Crippen LogP contribution in [0.5, 0.6) is 0 Å². The normalized spacial score (nSPS) is 11.6. The highest BCUT2D eigenvalue weighted by Gasteiger charge is 2.20. The fourth-order valence-corrected chi connectivity index (χ4v) is 5.56. The second-order valence-electron chi connectivity index (χ2n) is 3.78. The number of nitrogens with one attached hydrogen (secondary N) is 1. The molecule has 0 fully saturated rings. The molecule has 0 aliphatic heterocycles. The summed E-state index contributed by atoms with van der Waals surface area (Å²) in [5, 5.41) is 0.383. The van der Waals surface area contributed by atoms with Gasteiger partial charge in [-0.15, -0.1) is 11.3 Å². The Morgan fingerprint density at radius 2 is 1.95 bits per heavy atom. The standard InChI is InChI=1S/C11H8Br2ClNO2S2/c1-6-2-3-9(7(12)4-6)15-19(16,17)10-5-8(14)11(13)18-10/h2-5,15H,1H3. The zero-order valence-electron chi connectivity index (χ0n) is 9.58. The van der Waals surface area contributed by atoms with Crippen LogP contribution in [0.4, 0.5) is 5.69 Å². The van der Waals surface area contributed by atoms with E-state index in [1.165, 1.54) is 6.07 Å². The van der Waals surface area contributed by atoms with E-state index in [1.54, 1.807) is 6.07 Å². The number of halogens is 3. The van der Waals surface area contributed by atoms with Gasteiger partial charge in [0.05, 0.1) is 14.5 Å². The van der Waals surface area contributed by atoms with Crippen LogP contribution in [0.1, 0.15) is 5.56 Å². The third-order valence-corrected chi connectivity index (χ3v) is 7.23. The van der Waals surface area contributed by atoms with E-state index in [4.69, 9.17) is 11.6 Å². The number of thiophene rings is 1. The number of anilines is 1. The summed E-state index contributed by atoms with van der Waals surface area (Å²) in [5.74, 6) is 0. The van der Waals surface area contributed by atoms with Gasteiger partial charge in [0.2, 0.25) is 0 Å². The second kappa shape index (κ2) is 5.73. The molecular formula is C11H8Br2ClNO2S2. The van der Waals surface area contributed by atoms with Gasteiger partial charge in [-0.2, -0.15) is 0 Å². The Morgan fingerprint density at radius 1 is 1.26 bits per heavy atom. The summed E-state index contributed by atoms with van der Waals surface area (Å²) in [6.45, 7) is 1.93. The van der Waals surface area contributed by atoms with Crippen molar-refractivity contribution < 1.29 is 8.42 Å². The molecule has 0 saturated heterocycles. The lowest BCUT2D eigenvalue weighted by Crippen LogP contribution is -2.11. The van der Waals surface area contributed by atoms with E-state index in [-0.39, 0.29) is 4.21 Å². The fraction of sp³-hybridized carbons (Fsp3) is 0.0909. The van der Waals surface area contributed by atoms with Crippen molar-refractivity contribution in [2.24, 2.45) is 0 Å². The molecule has 0 aliphatic rings. The summed E-state index contributed by atoms with van der Waals surface area (Å²) in [7, 11) is -3.63. The molecule has 0 radical (unpaired) electrons. The monoisotopic (exact) mass is 443 g/mol. The summed E-state index contributed by atoms with van der Waals surface area (Å²) < 4.78 is 28.4. The van der Waals surface area contributed by atoms with E-state index in [2.05, 4.69) is 36.6 Å². The summed E-state index contributed by atoms with van der Waals surface area (Å²) in [4.78, 5) is 0. The molecule has 1 aromatic carbocycles. The Hall–Kier alpha value is -0.0800. The molecular weight excluding hydrogens is 438 g/mol. The Kier molecular flexibility index (Phi) is 4.62. The predicted octanol–water partition coefficient (Wildman–Crippen LogP) is 5.04. The first kappa shape index (κ1) is 15.3. The van der Waals surface area contributed by atoms with Crippen LogP contribution in [0.2, 0.25) is 5.02 Å². The quantitative estimate of drug-likeness (QED) is 0.720. The van der Waals surface area contributed by atoms with E-state index in [9.17, 15) is 8.42 Å². The SMILES string of the molecule is Cc1ccc(NS(=O)(=O)c2cc(Cl)c(Br)s2)c(Br)c1. The largest absolute Gasteiger partial charge is 0.278 e. The average Bonchev–Trinajstić information content (AvgIpc) is 2.64. The van der Waals surface area contributed by atoms with Gasteiger partial charge in [0, 0.05) is 4.47 Å². The van der Waals surface area contributed by atoms with Gasteiger partial charge in [-0.25, -0.2) is 8.42 Å². The molecule has 0 spiro atoms. The van der Waals surface area contributed by atoms with Crippen molar-refractivity contribution in [1.82, 2.24) is 0 Å². The van der Waals surface area contributed by atoms with Gasteiger partial charge in [-0.1, -0.05) is 17.7 Å². The van der Waals surface area contributed by atoms with Crippen LogP contribution in [0.25, 0.3) is 0 Å². The van der Waals surface area contributed by atoms with Gasteiger partial charge in [-0.05, 0) is 62.5 Å². The number of hydrogen-bond acceptors (Lipinski definition) is 3. The van der Waals surface area contributed by atoms with Crippen molar-refractivity contribution in [3.63, 3.8) is 0 Å². The number of hydrogen-bond donors (Lipinski definition) is 1. The third-order valence-electron chi connectivity index (χ3n) is 2.26. The zero-order chi connectivity index (χ0) is 14.2. The summed E-state index contributed by atoms with van der Waals surface area (Å²) in [5.41, 5.74) is 1.53. The molecule has 3 nitrogen and oxygen atoms in total.